The van der Waals surface area contributed by atoms with Crippen LogP contribution in [0.3, 0.4) is 0 Å². The van der Waals surface area contributed by atoms with Crippen molar-refractivity contribution < 1.29 is 0 Å². The molecule has 28 heavy (non-hydrogen) atoms. The zero-order valence-corrected chi connectivity index (χ0v) is 17.6. The monoisotopic (exact) mass is 382 g/mol. The standard InChI is InChI=1S/C27H27P/c1-22-13-12-14-23(2)27(22)21-28(24-15-6-3-7-16-24,25-17-8-4-9-18-25)26-19-10-5-11-20-26/h3-20,28H,21H2,1-2H3. The van der Waals surface area contributed by atoms with Crippen molar-refractivity contribution in [2.75, 3.05) is 0 Å². The summed E-state index contributed by atoms with van der Waals surface area (Å²) in [6.45, 7) is 4.50. The van der Waals surface area contributed by atoms with Gasteiger partial charge < -0.3 is 0 Å². The Bertz CT molecular complexity index is 920. The van der Waals surface area contributed by atoms with Crippen LogP contribution in [-0.2, 0) is 6.16 Å². The first-order chi connectivity index (χ1) is 13.7. The van der Waals surface area contributed by atoms with Gasteiger partial charge >= 0.3 is 169 Å². The van der Waals surface area contributed by atoms with E-state index in [4.69, 9.17) is 0 Å². The summed E-state index contributed by atoms with van der Waals surface area (Å²) < 4.78 is 0. The molecule has 4 rings (SSSR count). The second-order valence-electron chi connectivity index (χ2n) is 7.55. The molecule has 0 aliphatic heterocycles. The fourth-order valence-electron chi connectivity index (χ4n) is 4.37. The second-order valence-corrected chi connectivity index (χ2v) is 11.4. The summed E-state index contributed by atoms with van der Waals surface area (Å²) in [6, 6.07) is 40.2. The molecular formula is C27H27P. The van der Waals surface area contributed by atoms with Crippen LogP contribution < -0.4 is 15.9 Å². The van der Waals surface area contributed by atoms with Gasteiger partial charge in [-0.05, 0) is 0 Å². The molecule has 4 aromatic carbocycles. The van der Waals surface area contributed by atoms with E-state index in [1.165, 1.54) is 32.6 Å². The number of rotatable bonds is 5. The van der Waals surface area contributed by atoms with E-state index < -0.39 is 7.26 Å². The molecule has 0 spiro atoms. The van der Waals surface area contributed by atoms with E-state index in [1.54, 1.807) is 0 Å². The van der Waals surface area contributed by atoms with Crippen LogP contribution in [0.25, 0.3) is 0 Å². The Kier molecular flexibility index (Phi) is 5.42. The van der Waals surface area contributed by atoms with Crippen LogP contribution >= 0.6 is 7.26 Å². The van der Waals surface area contributed by atoms with Crippen LogP contribution in [-0.4, -0.2) is 0 Å². The van der Waals surface area contributed by atoms with Gasteiger partial charge in [-0.3, -0.25) is 0 Å². The third-order valence-corrected chi connectivity index (χ3v) is 10.7. The van der Waals surface area contributed by atoms with Crippen molar-refractivity contribution in [2.24, 2.45) is 0 Å². The van der Waals surface area contributed by atoms with Crippen molar-refractivity contribution in [3.8, 4) is 0 Å². The molecule has 0 atom stereocenters. The molecular weight excluding hydrogens is 355 g/mol. The average molecular weight is 382 g/mol. The van der Waals surface area contributed by atoms with E-state index in [9.17, 15) is 0 Å². The van der Waals surface area contributed by atoms with Crippen molar-refractivity contribution in [2.45, 2.75) is 20.0 Å². The Labute approximate surface area is 169 Å². The molecule has 0 saturated carbocycles. The van der Waals surface area contributed by atoms with E-state index in [2.05, 4.69) is 123 Å². The first kappa shape index (κ1) is 18.7. The molecule has 0 radical (unpaired) electrons. The molecule has 140 valence electrons. The molecule has 0 fully saturated rings. The summed E-state index contributed by atoms with van der Waals surface area (Å²) in [6.07, 6.45) is 1.07. The van der Waals surface area contributed by atoms with Crippen LogP contribution in [0.2, 0.25) is 0 Å². The molecule has 0 aliphatic carbocycles. The molecule has 0 N–H and O–H groups in total. The summed E-state index contributed by atoms with van der Waals surface area (Å²) >= 11 is 0. The normalized spacial score (nSPS) is 11.9. The molecule has 0 saturated heterocycles. The number of hydrogen-bond acceptors (Lipinski definition) is 0. The van der Waals surface area contributed by atoms with Crippen molar-refractivity contribution in [1.82, 2.24) is 0 Å². The van der Waals surface area contributed by atoms with Gasteiger partial charge in [-0.25, -0.2) is 0 Å². The first-order valence-corrected chi connectivity index (χ1v) is 12.1. The van der Waals surface area contributed by atoms with Gasteiger partial charge in [0.25, 0.3) is 0 Å². The van der Waals surface area contributed by atoms with Crippen LogP contribution in [0.4, 0.5) is 0 Å². The van der Waals surface area contributed by atoms with E-state index in [-0.39, 0.29) is 0 Å². The Balaban J connectivity index is 2.04. The predicted molar refractivity (Wildman–Crippen MR) is 126 cm³/mol. The number of aryl methyl sites for hydroxylation is 2. The predicted octanol–water partition coefficient (Wildman–Crippen LogP) is 5.53. The zero-order chi connectivity index (χ0) is 19.4. The number of hydrogen-bond donors (Lipinski definition) is 0. The van der Waals surface area contributed by atoms with Crippen molar-refractivity contribution >= 4 is 23.2 Å². The molecule has 0 aliphatic rings. The molecule has 0 amide bonds. The molecule has 0 nitrogen and oxygen atoms in total. The summed E-state index contributed by atoms with van der Waals surface area (Å²) in [5.41, 5.74) is 4.27. The quantitative estimate of drug-likeness (QED) is 0.398. The van der Waals surface area contributed by atoms with Gasteiger partial charge in [0.1, 0.15) is 0 Å². The summed E-state index contributed by atoms with van der Waals surface area (Å²) in [5, 5.41) is 4.40. The van der Waals surface area contributed by atoms with E-state index in [1.807, 2.05) is 0 Å². The van der Waals surface area contributed by atoms with Gasteiger partial charge in [0.05, 0.1) is 0 Å². The molecule has 4 aromatic rings. The van der Waals surface area contributed by atoms with Crippen LogP contribution in [0.1, 0.15) is 16.7 Å². The second kappa shape index (κ2) is 8.13. The van der Waals surface area contributed by atoms with Gasteiger partial charge in [0.15, 0.2) is 0 Å². The van der Waals surface area contributed by atoms with Crippen molar-refractivity contribution in [1.29, 1.82) is 0 Å². The summed E-state index contributed by atoms with van der Waals surface area (Å²) in [7, 11) is -2.23. The van der Waals surface area contributed by atoms with Crippen molar-refractivity contribution in [3.05, 3.63) is 126 Å². The maximum atomic E-state index is 2.33. The third kappa shape index (κ3) is 3.41. The molecule has 1 heteroatoms. The first-order valence-electron chi connectivity index (χ1n) is 9.93. The maximum absolute atomic E-state index is 2.33. The summed E-state index contributed by atoms with van der Waals surface area (Å²) in [5.74, 6) is 0. The Morgan fingerprint density at radius 3 is 1.18 bits per heavy atom. The van der Waals surface area contributed by atoms with Gasteiger partial charge in [-0.1, -0.05) is 0 Å². The van der Waals surface area contributed by atoms with Gasteiger partial charge in [0, 0.05) is 0 Å². The van der Waals surface area contributed by atoms with Gasteiger partial charge in [-0.15, -0.1) is 0 Å². The minimum absolute atomic E-state index is 1.07. The van der Waals surface area contributed by atoms with Crippen LogP contribution in [0, 0.1) is 13.8 Å². The average Bonchev–Trinajstić information content (AvgIpc) is 2.76. The molecule has 0 heterocycles. The Hall–Kier alpha value is -2.69. The Morgan fingerprint density at radius 2 is 0.821 bits per heavy atom. The molecule has 0 unspecified atom stereocenters. The van der Waals surface area contributed by atoms with E-state index in [0.717, 1.165) is 6.16 Å². The fourth-order valence-corrected chi connectivity index (χ4v) is 9.35. The SMILES string of the molecule is Cc1cccc(C)c1C[PH](c1ccccc1)(c1ccccc1)c1ccccc1. The van der Waals surface area contributed by atoms with Crippen LogP contribution in [0.5, 0.6) is 0 Å². The van der Waals surface area contributed by atoms with Crippen molar-refractivity contribution in [3.63, 3.8) is 0 Å². The van der Waals surface area contributed by atoms with E-state index >= 15 is 0 Å². The molecule has 0 aromatic heterocycles. The van der Waals surface area contributed by atoms with Crippen LogP contribution in [0.15, 0.2) is 109 Å². The number of benzene rings is 4. The Morgan fingerprint density at radius 1 is 0.464 bits per heavy atom. The zero-order valence-electron chi connectivity index (χ0n) is 16.6. The van der Waals surface area contributed by atoms with E-state index in [0.29, 0.717) is 0 Å². The third-order valence-electron chi connectivity index (χ3n) is 5.89. The minimum atomic E-state index is -2.23. The van der Waals surface area contributed by atoms with Gasteiger partial charge in [-0.2, -0.15) is 0 Å². The van der Waals surface area contributed by atoms with Gasteiger partial charge in [0.2, 0.25) is 0 Å². The fraction of sp³-hybridized carbons (Fsp3) is 0.111. The molecule has 0 bridgehead atoms. The summed E-state index contributed by atoms with van der Waals surface area (Å²) in [4.78, 5) is 0. The topological polar surface area (TPSA) is 0 Å².